The van der Waals surface area contributed by atoms with Crippen LogP contribution in [0.25, 0.3) is 0 Å². The van der Waals surface area contributed by atoms with E-state index in [1.54, 1.807) is 6.20 Å². The smallest absolute Gasteiger partial charge is 0.257 e. The summed E-state index contributed by atoms with van der Waals surface area (Å²) in [6, 6.07) is 0. The maximum Gasteiger partial charge on any atom is 0.257 e. The fourth-order valence-corrected chi connectivity index (χ4v) is 5.51. The molecule has 2 fully saturated rings. The zero-order valence-corrected chi connectivity index (χ0v) is 15.3. The predicted octanol–water partition coefficient (Wildman–Crippen LogP) is 3.30. The van der Waals surface area contributed by atoms with Crippen molar-refractivity contribution in [2.75, 3.05) is 13.1 Å². The summed E-state index contributed by atoms with van der Waals surface area (Å²) in [4.78, 5) is 15.4. The van der Waals surface area contributed by atoms with Crippen molar-refractivity contribution in [1.82, 2.24) is 25.3 Å². The Morgan fingerprint density at radius 3 is 2.81 bits per heavy atom. The van der Waals surface area contributed by atoms with Crippen molar-refractivity contribution in [1.29, 1.82) is 0 Å². The Morgan fingerprint density at radius 1 is 1.08 bits per heavy atom. The minimum atomic E-state index is 0.0779. The topological polar surface area (TPSA) is 77.7 Å². The molecule has 3 heterocycles. The summed E-state index contributed by atoms with van der Waals surface area (Å²) >= 11 is 0. The predicted molar refractivity (Wildman–Crippen MR) is 98.1 cm³/mol. The quantitative estimate of drug-likeness (QED) is 0.869. The molecule has 26 heavy (non-hydrogen) atoms. The average Bonchev–Trinajstić information content (AvgIpc) is 3.41. The molecular formula is C20H27N5O. The van der Waals surface area contributed by atoms with Gasteiger partial charge in [-0.25, -0.2) is 0 Å². The highest BCUT2D eigenvalue weighted by molar-refractivity contribution is 5.95. The number of carbonyl (C=O) groups is 1. The van der Waals surface area contributed by atoms with E-state index in [4.69, 9.17) is 0 Å². The molecular weight excluding hydrogens is 326 g/mol. The number of fused-ring (bicyclic) bond motifs is 2. The van der Waals surface area contributed by atoms with Crippen molar-refractivity contribution in [3.63, 3.8) is 0 Å². The zero-order chi connectivity index (χ0) is 17.6. The molecule has 2 aromatic rings. The summed E-state index contributed by atoms with van der Waals surface area (Å²) in [7, 11) is 0. The van der Waals surface area contributed by atoms with Gasteiger partial charge in [-0.2, -0.15) is 10.2 Å². The van der Waals surface area contributed by atoms with Crippen LogP contribution in [0.5, 0.6) is 0 Å². The molecule has 0 bridgehead atoms. The van der Waals surface area contributed by atoms with Gasteiger partial charge in [0, 0.05) is 30.1 Å². The Labute approximate surface area is 153 Å². The summed E-state index contributed by atoms with van der Waals surface area (Å²) in [5.74, 6) is 0.626. The van der Waals surface area contributed by atoms with Crippen LogP contribution in [0.15, 0.2) is 12.4 Å². The van der Waals surface area contributed by atoms with Crippen molar-refractivity contribution in [2.24, 2.45) is 0 Å². The van der Waals surface area contributed by atoms with Gasteiger partial charge in [0.15, 0.2) is 0 Å². The first-order chi connectivity index (χ1) is 12.8. The summed E-state index contributed by atoms with van der Waals surface area (Å²) in [6.07, 6.45) is 14.3. The second kappa shape index (κ2) is 6.25. The van der Waals surface area contributed by atoms with E-state index in [-0.39, 0.29) is 11.3 Å². The summed E-state index contributed by atoms with van der Waals surface area (Å²) in [6.45, 7) is 1.65. The van der Waals surface area contributed by atoms with Crippen molar-refractivity contribution in [3.8, 4) is 0 Å². The molecule has 1 spiro atoms. The van der Waals surface area contributed by atoms with Crippen molar-refractivity contribution in [3.05, 3.63) is 34.9 Å². The highest BCUT2D eigenvalue weighted by Crippen LogP contribution is 2.44. The first kappa shape index (κ1) is 16.1. The Bertz CT molecular complexity index is 803. The van der Waals surface area contributed by atoms with Gasteiger partial charge in [-0.05, 0) is 44.1 Å². The summed E-state index contributed by atoms with van der Waals surface area (Å²) in [5, 5.41) is 14.9. The summed E-state index contributed by atoms with van der Waals surface area (Å²) in [5.41, 5.74) is 4.56. The number of carbonyl (C=O) groups excluding carboxylic acids is 1. The Kier molecular flexibility index (Phi) is 3.87. The third-order valence-corrected chi connectivity index (χ3v) is 6.90. The molecule has 3 aliphatic rings. The fourth-order valence-electron chi connectivity index (χ4n) is 5.51. The van der Waals surface area contributed by atoms with Gasteiger partial charge in [0.05, 0.1) is 23.7 Å². The molecule has 5 rings (SSSR count). The van der Waals surface area contributed by atoms with Crippen LogP contribution in [0.3, 0.4) is 0 Å². The van der Waals surface area contributed by atoms with Gasteiger partial charge >= 0.3 is 0 Å². The Balaban J connectivity index is 1.39. The van der Waals surface area contributed by atoms with E-state index in [9.17, 15) is 4.79 Å². The summed E-state index contributed by atoms with van der Waals surface area (Å²) < 4.78 is 0. The molecule has 1 unspecified atom stereocenters. The van der Waals surface area contributed by atoms with Crippen LogP contribution in [-0.2, 0) is 11.8 Å². The number of hydrogen-bond acceptors (Lipinski definition) is 3. The largest absolute Gasteiger partial charge is 0.338 e. The van der Waals surface area contributed by atoms with Crippen molar-refractivity contribution in [2.45, 2.75) is 69.1 Å². The van der Waals surface area contributed by atoms with Crippen LogP contribution >= 0.6 is 0 Å². The van der Waals surface area contributed by atoms with E-state index in [2.05, 4.69) is 25.3 Å². The lowest BCUT2D eigenvalue weighted by Crippen LogP contribution is -2.48. The normalized spacial score (nSPS) is 26.4. The Morgan fingerprint density at radius 2 is 1.92 bits per heavy atom. The van der Waals surface area contributed by atoms with E-state index in [0.29, 0.717) is 5.92 Å². The van der Waals surface area contributed by atoms with Gasteiger partial charge in [-0.15, -0.1) is 0 Å². The lowest BCUT2D eigenvalue weighted by Gasteiger charge is -2.40. The number of amides is 1. The van der Waals surface area contributed by atoms with Gasteiger partial charge in [0.25, 0.3) is 5.91 Å². The SMILES string of the molecule is O=C(c1cn[nH]c1C1CCCCC1)N1CCCC2(CCc3cn[nH]c32)C1. The Hall–Kier alpha value is -2.11. The van der Waals surface area contributed by atoms with Crippen LogP contribution in [0.1, 0.15) is 84.6 Å². The minimum absolute atomic E-state index is 0.0779. The van der Waals surface area contributed by atoms with Crippen LogP contribution in [-0.4, -0.2) is 44.3 Å². The molecule has 0 aromatic carbocycles. The molecule has 1 aliphatic heterocycles. The molecule has 2 N–H and O–H groups in total. The third-order valence-electron chi connectivity index (χ3n) is 6.90. The minimum Gasteiger partial charge on any atom is -0.338 e. The number of rotatable bonds is 2. The second-order valence-electron chi connectivity index (χ2n) is 8.41. The van der Waals surface area contributed by atoms with Gasteiger partial charge in [-0.1, -0.05) is 19.3 Å². The number of H-pyrrole nitrogens is 2. The molecule has 0 radical (unpaired) electrons. The van der Waals surface area contributed by atoms with E-state index in [1.807, 2.05) is 6.20 Å². The fraction of sp³-hybridized carbons (Fsp3) is 0.650. The molecule has 138 valence electrons. The number of hydrogen-bond donors (Lipinski definition) is 2. The molecule has 6 nitrogen and oxygen atoms in total. The van der Waals surface area contributed by atoms with Gasteiger partial charge in [-0.3, -0.25) is 15.0 Å². The van der Waals surface area contributed by atoms with Gasteiger partial charge in [0.2, 0.25) is 0 Å². The van der Waals surface area contributed by atoms with Gasteiger partial charge in [0.1, 0.15) is 0 Å². The maximum atomic E-state index is 13.4. The molecule has 1 amide bonds. The van der Waals surface area contributed by atoms with E-state index >= 15 is 0 Å². The van der Waals surface area contributed by atoms with Gasteiger partial charge < -0.3 is 4.90 Å². The zero-order valence-electron chi connectivity index (χ0n) is 15.3. The van der Waals surface area contributed by atoms with Crippen LogP contribution in [0.4, 0.5) is 0 Å². The maximum absolute atomic E-state index is 13.4. The third kappa shape index (κ3) is 2.49. The molecule has 1 saturated carbocycles. The standard InChI is InChI=1S/C20H27N5O/c26-19(16-12-22-23-17(16)14-5-2-1-3-6-14)25-10-4-8-20(13-25)9-7-15-11-21-24-18(15)20/h11-12,14H,1-10,13H2,(H,21,24)(H,22,23). The van der Waals surface area contributed by atoms with Crippen molar-refractivity contribution >= 4 is 5.91 Å². The number of piperidine rings is 1. The van der Waals surface area contributed by atoms with Crippen LogP contribution in [0, 0.1) is 0 Å². The number of nitrogens with zero attached hydrogens (tertiary/aromatic N) is 3. The molecule has 2 aliphatic carbocycles. The first-order valence-corrected chi connectivity index (χ1v) is 10.1. The number of nitrogens with one attached hydrogen (secondary N) is 2. The monoisotopic (exact) mass is 353 g/mol. The van der Waals surface area contributed by atoms with Crippen LogP contribution < -0.4 is 0 Å². The number of likely N-dealkylation sites (tertiary alicyclic amines) is 1. The van der Waals surface area contributed by atoms with Crippen LogP contribution in [0.2, 0.25) is 0 Å². The number of aromatic amines is 2. The average molecular weight is 353 g/mol. The lowest BCUT2D eigenvalue weighted by molar-refractivity contribution is 0.0631. The van der Waals surface area contributed by atoms with E-state index < -0.39 is 0 Å². The van der Waals surface area contributed by atoms with E-state index in [0.717, 1.165) is 50.0 Å². The molecule has 1 atom stereocenters. The highest BCUT2D eigenvalue weighted by Gasteiger charge is 2.45. The lowest BCUT2D eigenvalue weighted by atomic mass is 9.77. The second-order valence-corrected chi connectivity index (χ2v) is 8.41. The molecule has 6 heteroatoms. The van der Waals surface area contributed by atoms with Crippen molar-refractivity contribution < 1.29 is 4.79 Å². The number of aryl methyl sites for hydroxylation is 1. The van der Waals surface area contributed by atoms with E-state index in [1.165, 1.54) is 43.4 Å². The molecule has 2 aromatic heterocycles. The number of aromatic nitrogens is 4. The highest BCUT2D eigenvalue weighted by atomic mass is 16.2. The molecule has 1 saturated heterocycles. The first-order valence-electron chi connectivity index (χ1n) is 10.1.